The third-order valence-electron chi connectivity index (χ3n) is 5.77. The molecule has 0 saturated carbocycles. The number of nitrogens with one attached hydrogen (secondary N) is 1. The molecule has 4 aromatic rings. The van der Waals surface area contributed by atoms with Crippen LogP contribution < -0.4 is 15.6 Å². The van der Waals surface area contributed by atoms with Crippen LogP contribution in [0.3, 0.4) is 0 Å². The third-order valence-corrected chi connectivity index (χ3v) is 5.77. The van der Waals surface area contributed by atoms with Crippen molar-refractivity contribution in [2.24, 2.45) is 0 Å². The van der Waals surface area contributed by atoms with Crippen molar-refractivity contribution < 1.29 is 9.13 Å². The van der Waals surface area contributed by atoms with E-state index in [2.05, 4.69) is 21.4 Å². The van der Waals surface area contributed by atoms with Crippen LogP contribution >= 0.6 is 0 Å². The van der Waals surface area contributed by atoms with Crippen LogP contribution in [0.1, 0.15) is 30.3 Å². The highest BCUT2D eigenvalue weighted by Gasteiger charge is 2.25. The molecule has 0 unspecified atom stereocenters. The fourth-order valence-electron chi connectivity index (χ4n) is 4.21. The van der Waals surface area contributed by atoms with E-state index in [9.17, 15) is 14.4 Å². The van der Waals surface area contributed by atoms with Crippen molar-refractivity contribution in [3.05, 3.63) is 76.6 Å². The fourth-order valence-corrected chi connectivity index (χ4v) is 4.21. The standard InChI is InChI=1S/C24H19FN6O2/c1-33-21-5-4-16(9-19(21)25)31-23(20-3-2-6-29-20)30-22-17(15-11-27-13-28-12-15)7-14(10-26)8-18(22)24(31)32/h4-5,7-9,11-13,20,29H,2-3,6H2,1H3/t20-/m1/s1. The molecule has 1 aliphatic heterocycles. The van der Waals surface area contributed by atoms with Gasteiger partial charge in [0.2, 0.25) is 0 Å². The van der Waals surface area contributed by atoms with Crippen molar-refractivity contribution in [3.8, 4) is 28.6 Å². The molecule has 1 saturated heterocycles. The summed E-state index contributed by atoms with van der Waals surface area (Å²) in [6, 6.07) is 9.47. The van der Waals surface area contributed by atoms with Gasteiger partial charge in [0, 0.05) is 29.6 Å². The number of benzene rings is 2. The van der Waals surface area contributed by atoms with Crippen LogP contribution in [0.25, 0.3) is 27.7 Å². The second-order valence-corrected chi connectivity index (χ2v) is 7.74. The van der Waals surface area contributed by atoms with E-state index in [1.165, 1.54) is 36.2 Å². The smallest absolute Gasteiger partial charge is 0.266 e. The molecule has 1 fully saturated rings. The van der Waals surface area contributed by atoms with Gasteiger partial charge in [-0.05, 0) is 43.7 Å². The number of hydrogen-bond donors (Lipinski definition) is 1. The van der Waals surface area contributed by atoms with Gasteiger partial charge in [0.25, 0.3) is 5.56 Å². The number of hydrogen-bond acceptors (Lipinski definition) is 7. The summed E-state index contributed by atoms with van der Waals surface area (Å²) in [5.74, 6) is -0.0168. The zero-order chi connectivity index (χ0) is 22.9. The molecule has 0 aliphatic carbocycles. The van der Waals surface area contributed by atoms with Crippen molar-refractivity contribution in [2.45, 2.75) is 18.9 Å². The molecule has 0 amide bonds. The lowest BCUT2D eigenvalue weighted by Gasteiger charge is -2.19. The molecule has 1 aliphatic rings. The molecule has 5 rings (SSSR count). The summed E-state index contributed by atoms with van der Waals surface area (Å²) < 4.78 is 21.0. The summed E-state index contributed by atoms with van der Waals surface area (Å²) in [5.41, 5.74) is 1.94. The third kappa shape index (κ3) is 3.60. The Balaban J connectivity index is 1.86. The van der Waals surface area contributed by atoms with Crippen molar-refractivity contribution in [3.63, 3.8) is 0 Å². The minimum absolute atomic E-state index is 0.0826. The van der Waals surface area contributed by atoms with E-state index in [-0.39, 0.29) is 22.7 Å². The molecule has 2 aromatic heterocycles. The highest BCUT2D eigenvalue weighted by Crippen LogP contribution is 2.31. The number of ether oxygens (including phenoxy) is 1. The summed E-state index contributed by atoms with van der Waals surface area (Å²) in [7, 11) is 1.38. The van der Waals surface area contributed by atoms with Gasteiger partial charge < -0.3 is 10.1 Å². The summed E-state index contributed by atoms with van der Waals surface area (Å²) in [4.78, 5) is 26.9. The van der Waals surface area contributed by atoms with Crippen molar-refractivity contribution in [1.82, 2.24) is 24.8 Å². The van der Waals surface area contributed by atoms with E-state index >= 15 is 0 Å². The van der Waals surface area contributed by atoms with Crippen LogP contribution in [0.15, 0.2) is 53.8 Å². The maximum Gasteiger partial charge on any atom is 0.266 e. The van der Waals surface area contributed by atoms with Crippen LogP contribution in [0.2, 0.25) is 0 Å². The van der Waals surface area contributed by atoms with Gasteiger partial charge in [-0.3, -0.25) is 9.36 Å². The Morgan fingerprint density at radius 2 is 2.06 bits per heavy atom. The van der Waals surface area contributed by atoms with Crippen LogP contribution in [0.5, 0.6) is 5.75 Å². The molecule has 0 spiro atoms. The van der Waals surface area contributed by atoms with E-state index in [1.54, 1.807) is 24.5 Å². The van der Waals surface area contributed by atoms with Gasteiger partial charge >= 0.3 is 0 Å². The van der Waals surface area contributed by atoms with E-state index in [0.29, 0.717) is 33.7 Å². The Labute approximate surface area is 188 Å². The average molecular weight is 442 g/mol. The first-order valence-corrected chi connectivity index (χ1v) is 10.4. The zero-order valence-corrected chi connectivity index (χ0v) is 17.7. The Morgan fingerprint density at radius 1 is 1.24 bits per heavy atom. The number of rotatable bonds is 4. The first kappa shape index (κ1) is 20.7. The van der Waals surface area contributed by atoms with Gasteiger partial charge in [-0.15, -0.1) is 0 Å². The van der Waals surface area contributed by atoms with Crippen molar-refractivity contribution >= 4 is 10.9 Å². The van der Waals surface area contributed by atoms with Crippen LogP contribution in [0, 0.1) is 17.1 Å². The molecule has 3 heterocycles. The van der Waals surface area contributed by atoms with Crippen molar-refractivity contribution in [1.29, 1.82) is 5.26 Å². The summed E-state index contributed by atoms with van der Waals surface area (Å²) >= 11 is 0. The van der Waals surface area contributed by atoms with Gasteiger partial charge in [-0.2, -0.15) is 5.26 Å². The maximum atomic E-state index is 14.6. The molecule has 8 nitrogen and oxygen atoms in total. The lowest BCUT2D eigenvalue weighted by molar-refractivity contribution is 0.386. The lowest BCUT2D eigenvalue weighted by Crippen LogP contribution is -2.29. The van der Waals surface area contributed by atoms with Crippen LogP contribution in [-0.4, -0.2) is 33.2 Å². The number of nitrogens with zero attached hydrogens (tertiary/aromatic N) is 5. The monoisotopic (exact) mass is 442 g/mol. The molecule has 0 bridgehead atoms. The molecular weight excluding hydrogens is 423 g/mol. The number of halogens is 1. The number of fused-ring (bicyclic) bond motifs is 1. The summed E-state index contributed by atoms with van der Waals surface area (Å²) in [6.07, 6.45) is 6.36. The lowest BCUT2D eigenvalue weighted by atomic mass is 10.0. The summed E-state index contributed by atoms with van der Waals surface area (Å²) in [5, 5.41) is 13.2. The topological polar surface area (TPSA) is 106 Å². The number of nitriles is 1. The molecule has 33 heavy (non-hydrogen) atoms. The number of aromatic nitrogens is 4. The predicted molar refractivity (Wildman–Crippen MR) is 120 cm³/mol. The van der Waals surface area contributed by atoms with Gasteiger partial charge in [0.05, 0.1) is 41.4 Å². The number of methoxy groups -OCH3 is 1. The Hall–Kier alpha value is -4.16. The van der Waals surface area contributed by atoms with Crippen molar-refractivity contribution in [2.75, 3.05) is 13.7 Å². The average Bonchev–Trinajstić information content (AvgIpc) is 3.39. The minimum atomic E-state index is -0.583. The highest BCUT2D eigenvalue weighted by molar-refractivity contribution is 5.94. The second kappa shape index (κ2) is 8.41. The molecule has 9 heteroatoms. The van der Waals surface area contributed by atoms with E-state index in [1.807, 2.05) is 0 Å². The van der Waals surface area contributed by atoms with Gasteiger partial charge in [0.15, 0.2) is 11.6 Å². The molecule has 164 valence electrons. The first-order chi connectivity index (χ1) is 16.1. The second-order valence-electron chi connectivity index (χ2n) is 7.74. The SMILES string of the molecule is COc1ccc(-n2c([C@H]3CCCN3)nc3c(-c4cncnc4)cc(C#N)cc3c2=O)cc1F. The molecular formula is C24H19FN6O2. The summed E-state index contributed by atoms with van der Waals surface area (Å²) in [6.45, 7) is 0.794. The molecule has 1 N–H and O–H groups in total. The van der Waals surface area contributed by atoms with Gasteiger partial charge in [-0.1, -0.05) is 0 Å². The Bertz CT molecular complexity index is 1460. The zero-order valence-electron chi connectivity index (χ0n) is 17.7. The first-order valence-electron chi connectivity index (χ1n) is 10.4. The predicted octanol–water partition coefficient (Wildman–Crippen LogP) is 3.29. The van der Waals surface area contributed by atoms with Crippen LogP contribution in [-0.2, 0) is 0 Å². The van der Waals surface area contributed by atoms with Crippen LogP contribution in [0.4, 0.5) is 4.39 Å². The highest BCUT2D eigenvalue weighted by atomic mass is 19.1. The fraction of sp³-hybridized carbons (Fsp3) is 0.208. The molecule has 0 radical (unpaired) electrons. The molecule has 1 atom stereocenters. The van der Waals surface area contributed by atoms with E-state index < -0.39 is 5.82 Å². The Kier molecular flexibility index (Phi) is 5.28. The van der Waals surface area contributed by atoms with E-state index in [4.69, 9.17) is 9.72 Å². The largest absolute Gasteiger partial charge is 0.494 e. The normalized spacial score (nSPS) is 15.5. The van der Waals surface area contributed by atoms with E-state index in [0.717, 1.165) is 19.4 Å². The van der Waals surface area contributed by atoms with Gasteiger partial charge in [0.1, 0.15) is 12.2 Å². The maximum absolute atomic E-state index is 14.6. The quantitative estimate of drug-likeness (QED) is 0.517. The Morgan fingerprint density at radius 3 is 2.73 bits per heavy atom. The molecule has 2 aromatic carbocycles. The minimum Gasteiger partial charge on any atom is -0.494 e. The van der Waals surface area contributed by atoms with Gasteiger partial charge in [-0.25, -0.2) is 19.3 Å².